The lowest BCUT2D eigenvalue weighted by Gasteiger charge is -2.12. The molecule has 4 rings (SSSR count). The lowest BCUT2D eigenvalue weighted by molar-refractivity contribution is -0.0494. The predicted molar refractivity (Wildman–Crippen MR) is 121 cm³/mol. The van der Waals surface area contributed by atoms with E-state index in [0.717, 1.165) is 4.90 Å². The van der Waals surface area contributed by atoms with E-state index in [1.165, 1.54) is 28.5 Å². The van der Waals surface area contributed by atoms with Crippen LogP contribution in [0, 0.1) is 0 Å². The number of nitrogens with zero attached hydrogens (tertiary/aromatic N) is 5. The van der Waals surface area contributed by atoms with Gasteiger partial charge in [0.1, 0.15) is 17.0 Å². The number of amides is 1. The maximum absolute atomic E-state index is 13.0. The van der Waals surface area contributed by atoms with Gasteiger partial charge in [-0.1, -0.05) is 15.9 Å². The number of ether oxygens (including phenoxy) is 1. The highest BCUT2D eigenvalue weighted by Crippen LogP contribution is 2.37. The van der Waals surface area contributed by atoms with Crippen molar-refractivity contribution in [1.82, 2.24) is 24.4 Å². The van der Waals surface area contributed by atoms with E-state index < -0.39 is 12.5 Å². The Morgan fingerprint density at radius 2 is 2.22 bits per heavy atom. The Kier molecular flexibility index (Phi) is 6.70. The van der Waals surface area contributed by atoms with E-state index in [0.29, 0.717) is 34.5 Å². The van der Waals surface area contributed by atoms with Crippen LogP contribution in [0.2, 0.25) is 0 Å². The van der Waals surface area contributed by atoms with Gasteiger partial charge in [0.05, 0.1) is 18.4 Å². The highest BCUT2D eigenvalue weighted by Gasteiger charge is 2.22. The molecule has 0 bridgehead atoms. The number of alkyl halides is 3. The molecule has 0 saturated heterocycles. The molecule has 0 atom stereocenters. The summed E-state index contributed by atoms with van der Waals surface area (Å²) in [7, 11) is 0. The number of benzene rings is 1. The van der Waals surface area contributed by atoms with Crippen LogP contribution in [0.5, 0.6) is 5.75 Å². The third kappa shape index (κ3) is 4.60. The van der Waals surface area contributed by atoms with Gasteiger partial charge in [-0.05, 0) is 30.5 Å². The topological polar surface area (TPSA) is 86.3 Å². The van der Waals surface area contributed by atoms with E-state index in [-0.39, 0.29) is 11.3 Å². The Labute approximate surface area is 194 Å². The molecule has 0 spiro atoms. The fraction of sp³-hybridized carbons (Fsp3) is 0.200. The maximum atomic E-state index is 13.0. The van der Waals surface area contributed by atoms with E-state index in [1.54, 1.807) is 41.5 Å². The number of carbonyl (C=O) groups excluding carboxylic acids is 1. The van der Waals surface area contributed by atoms with Crippen molar-refractivity contribution in [3.05, 3.63) is 54.6 Å². The minimum Gasteiger partial charge on any atom is -0.434 e. The molecule has 166 valence electrons. The first kappa shape index (κ1) is 22.2. The number of rotatable bonds is 8. The minimum atomic E-state index is -3.00. The van der Waals surface area contributed by atoms with E-state index >= 15 is 0 Å². The molecule has 8 nitrogen and oxygen atoms in total. The summed E-state index contributed by atoms with van der Waals surface area (Å²) in [4.78, 5) is 18.0. The predicted octanol–water partition coefficient (Wildman–Crippen LogP) is 4.56. The Morgan fingerprint density at radius 3 is 2.97 bits per heavy atom. The SMILES string of the molecule is CSc1ccc(OC(F)F)c(-c2nn(CCBr)cc2NC(=O)c2cnn3cccnc23)c1. The smallest absolute Gasteiger partial charge is 0.387 e. The van der Waals surface area contributed by atoms with Crippen LogP contribution >= 0.6 is 27.7 Å². The van der Waals surface area contributed by atoms with Crippen LogP contribution < -0.4 is 10.1 Å². The van der Waals surface area contributed by atoms with Gasteiger partial charge in [-0.25, -0.2) is 9.50 Å². The third-order valence-electron chi connectivity index (χ3n) is 4.51. The average Bonchev–Trinajstić information content (AvgIpc) is 3.38. The molecule has 0 aliphatic heterocycles. The first-order valence-corrected chi connectivity index (χ1v) is 11.7. The van der Waals surface area contributed by atoms with Crippen LogP contribution in [0.25, 0.3) is 16.9 Å². The molecule has 1 aromatic carbocycles. The fourth-order valence-corrected chi connectivity index (χ4v) is 3.91. The Balaban J connectivity index is 1.77. The molecule has 1 amide bonds. The normalized spacial score (nSPS) is 11.3. The van der Waals surface area contributed by atoms with Crippen molar-refractivity contribution in [3.8, 4) is 17.0 Å². The molecule has 1 N–H and O–H groups in total. The molecule has 0 aliphatic rings. The number of thioether (sulfide) groups is 1. The van der Waals surface area contributed by atoms with Crippen molar-refractivity contribution in [3.63, 3.8) is 0 Å². The fourth-order valence-electron chi connectivity index (χ4n) is 3.11. The third-order valence-corrected chi connectivity index (χ3v) is 5.59. The number of fused-ring (bicyclic) bond motifs is 1. The van der Waals surface area contributed by atoms with E-state index in [1.807, 2.05) is 6.26 Å². The zero-order chi connectivity index (χ0) is 22.7. The Morgan fingerprint density at radius 1 is 1.38 bits per heavy atom. The van der Waals surface area contributed by atoms with E-state index in [9.17, 15) is 13.6 Å². The molecule has 3 heterocycles. The van der Waals surface area contributed by atoms with Crippen molar-refractivity contribution in [2.24, 2.45) is 0 Å². The lowest BCUT2D eigenvalue weighted by Crippen LogP contribution is -2.12. The Bertz CT molecular complexity index is 1260. The molecule has 0 saturated carbocycles. The lowest BCUT2D eigenvalue weighted by atomic mass is 10.1. The van der Waals surface area contributed by atoms with Gasteiger partial charge in [0, 0.05) is 34.4 Å². The summed E-state index contributed by atoms with van der Waals surface area (Å²) in [5.41, 5.74) is 1.68. The second kappa shape index (κ2) is 9.65. The maximum Gasteiger partial charge on any atom is 0.387 e. The summed E-state index contributed by atoms with van der Waals surface area (Å²) in [6, 6.07) is 6.56. The molecule has 0 unspecified atom stereocenters. The van der Waals surface area contributed by atoms with Crippen LogP contribution in [0.1, 0.15) is 10.4 Å². The highest BCUT2D eigenvalue weighted by atomic mass is 79.9. The molecule has 0 fully saturated rings. The summed E-state index contributed by atoms with van der Waals surface area (Å²) in [6.45, 7) is -2.49. The molecule has 0 radical (unpaired) electrons. The number of carbonyl (C=O) groups is 1. The number of nitrogens with one attached hydrogen (secondary N) is 1. The standard InChI is InChI=1S/C20H17BrF2N6O2S/c1-32-12-3-4-16(31-20(22)23)13(9-12)17-15(11-28(27-17)8-5-21)26-19(30)14-10-25-29-7-2-6-24-18(14)29/h2-4,6-7,9-11,20H,5,8H2,1H3,(H,26,30). The molecule has 12 heteroatoms. The van der Waals surface area contributed by atoms with Crippen LogP contribution in [-0.4, -0.2) is 48.5 Å². The number of aryl methyl sites for hydroxylation is 1. The highest BCUT2D eigenvalue weighted by molar-refractivity contribution is 9.09. The summed E-state index contributed by atoms with van der Waals surface area (Å²) >= 11 is 4.81. The molecule has 0 aliphatic carbocycles. The number of hydrogen-bond acceptors (Lipinski definition) is 6. The van der Waals surface area contributed by atoms with Gasteiger partial charge < -0.3 is 10.1 Å². The van der Waals surface area contributed by atoms with Crippen molar-refractivity contribution in [2.75, 3.05) is 16.9 Å². The van der Waals surface area contributed by atoms with Gasteiger partial charge in [-0.15, -0.1) is 11.8 Å². The van der Waals surface area contributed by atoms with E-state index in [2.05, 4.69) is 36.4 Å². The van der Waals surface area contributed by atoms with Crippen LogP contribution in [-0.2, 0) is 6.54 Å². The van der Waals surface area contributed by atoms with Crippen LogP contribution in [0.4, 0.5) is 14.5 Å². The van der Waals surface area contributed by atoms with E-state index in [4.69, 9.17) is 4.74 Å². The molecular formula is C20H17BrF2N6O2S. The first-order valence-electron chi connectivity index (χ1n) is 9.36. The summed E-state index contributed by atoms with van der Waals surface area (Å²) in [5.74, 6) is -0.481. The molecular weight excluding hydrogens is 506 g/mol. The second-order valence-corrected chi connectivity index (χ2v) is 8.16. The monoisotopic (exact) mass is 522 g/mol. The van der Waals surface area contributed by atoms with Crippen LogP contribution in [0.3, 0.4) is 0 Å². The van der Waals surface area contributed by atoms with Crippen molar-refractivity contribution < 1.29 is 18.3 Å². The van der Waals surface area contributed by atoms with Gasteiger partial charge in [-0.2, -0.15) is 19.0 Å². The van der Waals surface area contributed by atoms with Gasteiger partial charge in [0.15, 0.2) is 5.65 Å². The quantitative estimate of drug-likeness (QED) is 0.269. The largest absolute Gasteiger partial charge is 0.434 e. The number of halogens is 3. The number of hydrogen-bond donors (Lipinski definition) is 1. The van der Waals surface area contributed by atoms with Gasteiger partial charge in [-0.3, -0.25) is 9.48 Å². The summed E-state index contributed by atoms with van der Waals surface area (Å²) in [5, 5.41) is 12.1. The van der Waals surface area contributed by atoms with Gasteiger partial charge in [0.2, 0.25) is 0 Å². The van der Waals surface area contributed by atoms with Gasteiger partial charge >= 0.3 is 6.61 Å². The van der Waals surface area contributed by atoms with Crippen molar-refractivity contribution in [2.45, 2.75) is 18.1 Å². The first-order chi connectivity index (χ1) is 15.5. The average molecular weight is 523 g/mol. The van der Waals surface area contributed by atoms with Crippen molar-refractivity contribution >= 4 is 44.9 Å². The zero-order valence-corrected chi connectivity index (χ0v) is 19.1. The van der Waals surface area contributed by atoms with Gasteiger partial charge in [0.25, 0.3) is 5.91 Å². The Hall–Kier alpha value is -2.99. The summed E-state index contributed by atoms with van der Waals surface area (Å²) < 4.78 is 33.9. The number of anilines is 1. The zero-order valence-electron chi connectivity index (χ0n) is 16.7. The minimum absolute atomic E-state index is 0.0324. The molecule has 3 aromatic heterocycles. The molecule has 32 heavy (non-hydrogen) atoms. The van der Waals surface area contributed by atoms with Crippen molar-refractivity contribution in [1.29, 1.82) is 0 Å². The summed E-state index contributed by atoms with van der Waals surface area (Å²) in [6.07, 6.45) is 8.18. The second-order valence-electron chi connectivity index (χ2n) is 6.48. The molecule has 4 aromatic rings. The van der Waals surface area contributed by atoms with Crippen LogP contribution in [0.15, 0.2) is 53.9 Å². The number of aromatic nitrogens is 5.